The maximum Gasteiger partial charge on any atom is 0.0630 e. The average molecular weight is 255 g/mol. The van der Waals surface area contributed by atoms with Crippen LogP contribution in [0, 0.1) is 5.41 Å². The summed E-state index contributed by atoms with van der Waals surface area (Å²) in [7, 11) is 0. The Morgan fingerprint density at radius 3 is 2.89 bits per heavy atom. The van der Waals surface area contributed by atoms with E-state index in [1.54, 1.807) is 6.20 Å². The molecule has 0 radical (unpaired) electrons. The molecule has 1 saturated carbocycles. The molecule has 1 heterocycles. The summed E-state index contributed by atoms with van der Waals surface area (Å²) >= 11 is 0. The Kier molecular flexibility index (Phi) is 2.85. The monoisotopic (exact) mass is 255 g/mol. The number of nitrogens with zero attached hydrogens (tertiary/aromatic N) is 1. The van der Waals surface area contributed by atoms with Crippen molar-refractivity contribution in [3.8, 4) is 0 Å². The number of benzene rings is 1. The maximum absolute atomic E-state index is 6.27. The summed E-state index contributed by atoms with van der Waals surface area (Å²) < 4.78 is 0. The predicted octanol–water partition coefficient (Wildman–Crippen LogP) is 3.81. The molecule has 1 aliphatic carbocycles. The minimum atomic E-state index is 0.452. The number of nitrogens with one attached hydrogen (secondary N) is 1. The topological polar surface area (TPSA) is 50.9 Å². The Morgan fingerprint density at radius 1 is 1.32 bits per heavy atom. The molecule has 0 spiro atoms. The lowest BCUT2D eigenvalue weighted by molar-refractivity contribution is 0.378. The molecule has 3 heteroatoms. The Morgan fingerprint density at radius 2 is 2.16 bits per heavy atom. The van der Waals surface area contributed by atoms with E-state index in [4.69, 9.17) is 5.73 Å². The summed E-state index contributed by atoms with van der Waals surface area (Å²) in [5, 5.41) is 5.79. The van der Waals surface area contributed by atoms with E-state index < -0.39 is 0 Å². The van der Waals surface area contributed by atoms with Crippen molar-refractivity contribution in [1.82, 2.24) is 4.98 Å². The number of nitrogen functional groups attached to an aromatic ring is 1. The molecule has 1 aromatic carbocycles. The smallest absolute Gasteiger partial charge is 0.0630 e. The summed E-state index contributed by atoms with van der Waals surface area (Å²) in [6.45, 7) is 4.67. The van der Waals surface area contributed by atoms with Crippen LogP contribution in [-0.4, -0.2) is 11.0 Å². The molecule has 2 aromatic rings. The van der Waals surface area contributed by atoms with Gasteiger partial charge in [0, 0.05) is 29.2 Å². The lowest BCUT2D eigenvalue weighted by Gasteiger charge is -2.20. The first-order valence-electron chi connectivity index (χ1n) is 6.94. The Hall–Kier alpha value is -1.77. The van der Waals surface area contributed by atoms with Gasteiger partial charge in [-0.15, -0.1) is 0 Å². The van der Waals surface area contributed by atoms with Crippen LogP contribution in [0.4, 0.5) is 11.4 Å². The van der Waals surface area contributed by atoms with Gasteiger partial charge < -0.3 is 11.1 Å². The van der Waals surface area contributed by atoms with Crippen molar-refractivity contribution in [3.05, 3.63) is 30.6 Å². The third kappa shape index (κ3) is 2.37. The normalized spacial score (nSPS) is 21.7. The van der Waals surface area contributed by atoms with Crippen molar-refractivity contribution < 1.29 is 0 Å². The predicted molar refractivity (Wildman–Crippen MR) is 81.2 cm³/mol. The number of hydrogen-bond donors (Lipinski definition) is 2. The van der Waals surface area contributed by atoms with E-state index in [0.717, 1.165) is 22.1 Å². The molecule has 100 valence electrons. The van der Waals surface area contributed by atoms with E-state index in [2.05, 4.69) is 36.3 Å². The minimum absolute atomic E-state index is 0.452. The van der Waals surface area contributed by atoms with Crippen molar-refractivity contribution in [1.29, 1.82) is 0 Å². The molecule has 0 bridgehead atoms. The van der Waals surface area contributed by atoms with Crippen LogP contribution in [0.25, 0.3) is 10.8 Å². The molecule has 1 aromatic heterocycles. The van der Waals surface area contributed by atoms with Gasteiger partial charge in [-0.2, -0.15) is 0 Å². The molecular weight excluding hydrogens is 234 g/mol. The zero-order valence-electron chi connectivity index (χ0n) is 11.6. The maximum atomic E-state index is 6.27. The van der Waals surface area contributed by atoms with E-state index >= 15 is 0 Å². The second-order valence-corrected chi connectivity index (χ2v) is 6.37. The highest BCUT2D eigenvalue weighted by Gasteiger charge is 2.30. The third-order valence-corrected chi connectivity index (χ3v) is 4.19. The summed E-state index contributed by atoms with van der Waals surface area (Å²) in [6.07, 6.45) is 7.36. The van der Waals surface area contributed by atoms with Crippen LogP contribution in [0.2, 0.25) is 0 Å². The van der Waals surface area contributed by atoms with Gasteiger partial charge in [-0.05, 0) is 36.8 Å². The van der Waals surface area contributed by atoms with E-state index in [0.29, 0.717) is 11.5 Å². The van der Waals surface area contributed by atoms with Gasteiger partial charge in [0.1, 0.15) is 0 Å². The molecule has 19 heavy (non-hydrogen) atoms. The highest BCUT2D eigenvalue weighted by molar-refractivity contribution is 5.98. The van der Waals surface area contributed by atoms with Gasteiger partial charge in [0.25, 0.3) is 0 Å². The van der Waals surface area contributed by atoms with Gasteiger partial charge in [-0.25, -0.2) is 0 Å². The quantitative estimate of drug-likeness (QED) is 0.802. The van der Waals surface area contributed by atoms with Gasteiger partial charge in [0.05, 0.1) is 11.4 Å². The fraction of sp³-hybridized carbons (Fsp3) is 0.438. The van der Waals surface area contributed by atoms with Crippen molar-refractivity contribution in [3.63, 3.8) is 0 Å². The SMILES string of the molecule is CC1(C)CCC(Nc2ccc3cnccc3c2N)C1. The summed E-state index contributed by atoms with van der Waals surface area (Å²) in [5.74, 6) is 0. The largest absolute Gasteiger partial charge is 0.397 e. The number of anilines is 2. The molecule has 3 N–H and O–H groups in total. The number of hydrogen-bond acceptors (Lipinski definition) is 3. The van der Waals surface area contributed by atoms with Crippen LogP contribution >= 0.6 is 0 Å². The zero-order valence-corrected chi connectivity index (χ0v) is 11.6. The molecular formula is C16H21N3. The number of pyridine rings is 1. The summed E-state index contributed by atoms with van der Waals surface area (Å²) in [6, 6.07) is 6.68. The van der Waals surface area contributed by atoms with E-state index in [-0.39, 0.29) is 0 Å². The molecule has 3 nitrogen and oxygen atoms in total. The van der Waals surface area contributed by atoms with Gasteiger partial charge in [-0.3, -0.25) is 4.98 Å². The van der Waals surface area contributed by atoms with Gasteiger partial charge in [-0.1, -0.05) is 19.9 Å². The first kappa shape index (κ1) is 12.3. The van der Waals surface area contributed by atoms with Crippen molar-refractivity contribution in [2.45, 2.75) is 39.2 Å². The number of aromatic nitrogens is 1. The van der Waals surface area contributed by atoms with E-state index in [1.807, 2.05) is 12.3 Å². The molecule has 1 atom stereocenters. The highest BCUT2D eigenvalue weighted by Crippen LogP contribution is 2.39. The summed E-state index contributed by atoms with van der Waals surface area (Å²) in [4.78, 5) is 4.13. The molecule has 1 fully saturated rings. The Bertz CT molecular complexity index is 604. The van der Waals surface area contributed by atoms with Gasteiger partial charge in [0.15, 0.2) is 0 Å². The number of fused-ring (bicyclic) bond motifs is 1. The highest BCUT2D eigenvalue weighted by atomic mass is 14.9. The Labute approximate surface area is 114 Å². The van der Waals surface area contributed by atoms with Gasteiger partial charge >= 0.3 is 0 Å². The number of rotatable bonds is 2. The fourth-order valence-corrected chi connectivity index (χ4v) is 3.10. The van der Waals surface area contributed by atoms with Crippen molar-refractivity contribution in [2.24, 2.45) is 5.41 Å². The third-order valence-electron chi connectivity index (χ3n) is 4.19. The standard InChI is InChI=1S/C16H21N3/c1-16(2)7-5-12(9-16)19-14-4-3-11-10-18-8-6-13(11)15(14)17/h3-4,6,8,10,12,19H,5,7,9,17H2,1-2H3. The van der Waals surface area contributed by atoms with E-state index in [1.165, 1.54) is 19.3 Å². The first-order valence-corrected chi connectivity index (χ1v) is 6.94. The average Bonchev–Trinajstić information content (AvgIpc) is 2.73. The second-order valence-electron chi connectivity index (χ2n) is 6.37. The van der Waals surface area contributed by atoms with Crippen LogP contribution < -0.4 is 11.1 Å². The van der Waals surface area contributed by atoms with Crippen molar-refractivity contribution >= 4 is 22.1 Å². The second kappa shape index (κ2) is 4.41. The lowest BCUT2D eigenvalue weighted by Crippen LogP contribution is -2.18. The fourth-order valence-electron chi connectivity index (χ4n) is 3.10. The van der Waals surface area contributed by atoms with Crippen LogP contribution in [0.5, 0.6) is 0 Å². The molecule has 0 aliphatic heterocycles. The van der Waals surface area contributed by atoms with E-state index in [9.17, 15) is 0 Å². The number of nitrogens with two attached hydrogens (primary N) is 1. The molecule has 0 amide bonds. The molecule has 1 unspecified atom stereocenters. The van der Waals surface area contributed by atoms with Gasteiger partial charge in [0.2, 0.25) is 0 Å². The molecule has 3 rings (SSSR count). The van der Waals surface area contributed by atoms with Crippen LogP contribution in [-0.2, 0) is 0 Å². The van der Waals surface area contributed by atoms with Crippen molar-refractivity contribution in [2.75, 3.05) is 11.1 Å². The zero-order chi connectivity index (χ0) is 13.5. The lowest BCUT2D eigenvalue weighted by atomic mass is 9.92. The van der Waals surface area contributed by atoms with Crippen LogP contribution in [0.3, 0.4) is 0 Å². The summed E-state index contributed by atoms with van der Waals surface area (Å²) in [5.41, 5.74) is 8.62. The molecule has 1 aliphatic rings. The minimum Gasteiger partial charge on any atom is -0.397 e. The molecule has 0 saturated heterocycles. The first-order chi connectivity index (χ1) is 9.05. The van der Waals surface area contributed by atoms with Crippen LogP contribution in [0.15, 0.2) is 30.6 Å². The van der Waals surface area contributed by atoms with Crippen LogP contribution in [0.1, 0.15) is 33.1 Å². The Balaban J connectivity index is 1.88.